The first-order valence-corrected chi connectivity index (χ1v) is 7.04. The number of urea groups is 1. The lowest BCUT2D eigenvalue weighted by Crippen LogP contribution is -2.55. The van der Waals surface area contributed by atoms with Crippen LogP contribution in [-0.4, -0.2) is 61.2 Å². The van der Waals surface area contributed by atoms with Crippen molar-refractivity contribution in [3.8, 4) is 0 Å². The number of carboxylic acid groups (broad SMARTS) is 1. The summed E-state index contributed by atoms with van der Waals surface area (Å²) in [6.45, 7) is 4.30. The maximum absolute atomic E-state index is 12.6. The molecule has 1 atom stereocenters. The SMILES string of the molecule is CCC1(C(=O)O)CCCN1C(=O)N(C)Cc1n[nH]c(C)n1. The zero-order chi connectivity index (χ0) is 15.6. The molecule has 2 N–H and O–H groups in total. The van der Waals surface area contributed by atoms with Crippen LogP contribution >= 0.6 is 0 Å². The Labute approximate surface area is 123 Å². The molecule has 1 fully saturated rings. The second kappa shape index (κ2) is 5.71. The Morgan fingerprint density at radius 1 is 1.52 bits per heavy atom. The van der Waals surface area contributed by atoms with Crippen LogP contribution in [-0.2, 0) is 11.3 Å². The molecular formula is C13H21N5O3. The minimum absolute atomic E-state index is 0.249. The number of nitrogens with one attached hydrogen (secondary N) is 1. The monoisotopic (exact) mass is 295 g/mol. The van der Waals surface area contributed by atoms with Crippen LogP contribution in [0.15, 0.2) is 0 Å². The topological polar surface area (TPSA) is 102 Å². The highest BCUT2D eigenvalue weighted by Crippen LogP contribution is 2.33. The van der Waals surface area contributed by atoms with E-state index in [1.807, 2.05) is 0 Å². The van der Waals surface area contributed by atoms with Gasteiger partial charge in [0, 0.05) is 13.6 Å². The fraction of sp³-hybridized carbons (Fsp3) is 0.692. The van der Waals surface area contributed by atoms with Crippen molar-refractivity contribution in [1.29, 1.82) is 0 Å². The van der Waals surface area contributed by atoms with Gasteiger partial charge in [0.1, 0.15) is 11.4 Å². The maximum Gasteiger partial charge on any atom is 0.329 e. The number of hydrogen-bond donors (Lipinski definition) is 2. The highest BCUT2D eigenvalue weighted by atomic mass is 16.4. The Kier molecular flexibility index (Phi) is 4.15. The number of rotatable bonds is 4. The number of carbonyl (C=O) groups excluding carboxylic acids is 1. The van der Waals surface area contributed by atoms with E-state index < -0.39 is 11.5 Å². The summed E-state index contributed by atoms with van der Waals surface area (Å²) in [5.74, 6) is 0.262. The quantitative estimate of drug-likeness (QED) is 0.862. The van der Waals surface area contributed by atoms with Gasteiger partial charge < -0.3 is 14.9 Å². The van der Waals surface area contributed by atoms with Crippen LogP contribution in [0.4, 0.5) is 4.79 Å². The number of likely N-dealkylation sites (tertiary alicyclic amines) is 1. The number of aliphatic carboxylic acids is 1. The van der Waals surface area contributed by atoms with E-state index in [1.165, 1.54) is 9.80 Å². The van der Waals surface area contributed by atoms with E-state index in [9.17, 15) is 14.7 Å². The summed E-state index contributed by atoms with van der Waals surface area (Å²) < 4.78 is 0. The fourth-order valence-corrected chi connectivity index (χ4v) is 2.84. The first-order valence-electron chi connectivity index (χ1n) is 7.04. The number of nitrogens with zero attached hydrogens (tertiary/aromatic N) is 4. The average molecular weight is 295 g/mol. The molecule has 0 radical (unpaired) electrons. The van der Waals surface area contributed by atoms with Crippen molar-refractivity contribution in [2.75, 3.05) is 13.6 Å². The highest BCUT2D eigenvalue weighted by Gasteiger charge is 2.49. The Morgan fingerprint density at radius 3 is 2.76 bits per heavy atom. The van der Waals surface area contributed by atoms with E-state index in [0.717, 1.165) is 0 Å². The first kappa shape index (κ1) is 15.3. The molecule has 1 aliphatic rings. The van der Waals surface area contributed by atoms with Crippen molar-refractivity contribution >= 4 is 12.0 Å². The van der Waals surface area contributed by atoms with Crippen molar-refractivity contribution < 1.29 is 14.7 Å². The lowest BCUT2D eigenvalue weighted by molar-refractivity contribution is -0.148. The summed E-state index contributed by atoms with van der Waals surface area (Å²) >= 11 is 0. The van der Waals surface area contributed by atoms with Crippen LogP contribution in [0, 0.1) is 6.92 Å². The van der Waals surface area contributed by atoms with Crippen molar-refractivity contribution in [1.82, 2.24) is 25.0 Å². The lowest BCUT2D eigenvalue weighted by Gasteiger charge is -2.36. The second-order valence-corrected chi connectivity index (χ2v) is 5.42. The fourth-order valence-electron chi connectivity index (χ4n) is 2.84. The Balaban J connectivity index is 2.12. The maximum atomic E-state index is 12.6. The summed E-state index contributed by atoms with van der Waals surface area (Å²) in [5, 5.41) is 16.2. The summed E-state index contributed by atoms with van der Waals surface area (Å²) in [6.07, 6.45) is 1.61. The minimum Gasteiger partial charge on any atom is -0.479 e. The molecule has 1 unspecified atom stereocenters. The number of carboxylic acids is 1. The molecule has 1 aromatic heterocycles. The number of hydrogen-bond acceptors (Lipinski definition) is 4. The third-order valence-electron chi connectivity index (χ3n) is 4.05. The molecule has 116 valence electrons. The van der Waals surface area contributed by atoms with Gasteiger partial charge in [-0.2, -0.15) is 5.10 Å². The van der Waals surface area contributed by atoms with Gasteiger partial charge in [0.05, 0.1) is 6.54 Å². The van der Waals surface area contributed by atoms with E-state index in [0.29, 0.717) is 37.5 Å². The Morgan fingerprint density at radius 2 is 2.24 bits per heavy atom. The van der Waals surface area contributed by atoms with Crippen molar-refractivity contribution in [2.45, 2.75) is 45.2 Å². The lowest BCUT2D eigenvalue weighted by atomic mass is 9.93. The molecule has 8 heteroatoms. The number of aryl methyl sites for hydroxylation is 1. The molecule has 0 aromatic carbocycles. The highest BCUT2D eigenvalue weighted by molar-refractivity contribution is 5.87. The van der Waals surface area contributed by atoms with E-state index in [-0.39, 0.29) is 12.6 Å². The van der Waals surface area contributed by atoms with Gasteiger partial charge in [0.2, 0.25) is 0 Å². The van der Waals surface area contributed by atoms with Gasteiger partial charge in [-0.25, -0.2) is 14.6 Å². The van der Waals surface area contributed by atoms with Gasteiger partial charge >= 0.3 is 12.0 Å². The minimum atomic E-state index is -1.08. The zero-order valence-corrected chi connectivity index (χ0v) is 12.6. The number of H-pyrrole nitrogens is 1. The first-order chi connectivity index (χ1) is 9.90. The van der Waals surface area contributed by atoms with Gasteiger partial charge in [0.15, 0.2) is 5.82 Å². The molecule has 1 aliphatic heterocycles. The van der Waals surface area contributed by atoms with Crippen LogP contribution in [0.1, 0.15) is 37.8 Å². The van der Waals surface area contributed by atoms with Gasteiger partial charge in [-0.3, -0.25) is 5.10 Å². The predicted molar refractivity (Wildman–Crippen MR) is 74.6 cm³/mol. The summed E-state index contributed by atoms with van der Waals surface area (Å²) in [6, 6.07) is -0.292. The van der Waals surface area contributed by atoms with E-state index in [1.54, 1.807) is 20.9 Å². The van der Waals surface area contributed by atoms with E-state index in [4.69, 9.17) is 0 Å². The van der Waals surface area contributed by atoms with E-state index in [2.05, 4.69) is 15.2 Å². The Bertz CT molecular complexity index is 544. The third kappa shape index (κ3) is 2.70. The zero-order valence-electron chi connectivity index (χ0n) is 12.6. The van der Waals surface area contributed by atoms with Crippen LogP contribution in [0.2, 0.25) is 0 Å². The van der Waals surface area contributed by atoms with Crippen LogP contribution in [0.3, 0.4) is 0 Å². The second-order valence-electron chi connectivity index (χ2n) is 5.42. The van der Waals surface area contributed by atoms with Crippen LogP contribution < -0.4 is 0 Å². The van der Waals surface area contributed by atoms with Crippen LogP contribution in [0.5, 0.6) is 0 Å². The molecule has 1 aromatic rings. The van der Waals surface area contributed by atoms with Crippen molar-refractivity contribution in [2.24, 2.45) is 0 Å². The predicted octanol–water partition coefficient (Wildman–Crippen LogP) is 0.994. The third-order valence-corrected chi connectivity index (χ3v) is 4.05. The number of carbonyl (C=O) groups is 2. The summed E-state index contributed by atoms with van der Waals surface area (Å²) in [5.41, 5.74) is -1.08. The molecule has 2 heterocycles. The average Bonchev–Trinajstić information content (AvgIpc) is 3.04. The normalized spacial score (nSPS) is 21.6. The van der Waals surface area contributed by atoms with E-state index >= 15 is 0 Å². The van der Waals surface area contributed by atoms with Gasteiger partial charge in [-0.15, -0.1) is 0 Å². The molecule has 0 spiro atoms. The number of aromatic amines is 1. The number of aromatic nitrogens is 3. The van der Waals surface area contributed by atoms with Gasteiger partial charge in [0.25, 0.3) is 0 Å². The molecule has 0 bridgehead atoms. The number of amides is 2. The Hall–Kier alpha value is -2.12. The molecule has 0 aliphatic carbocycles. The van der Waals surface area contributed by atoms with Crippen molar-refractivity contribution in [3.05, 3.63) is 11.6 Å². The largest absolute Gasteiger partial charge is 0.479 e. The molecular weight excluding hydrogens is 274 g/mol. The molecule has 2 rings (SSSR count). The summed E-state index contributed by atoms with van der Waals surface area (Å²) in [7, 11) is 1.63. The molecule has 21 heavy (non-hydrogen) atoms. The van der Waals surface area contributed by atoms with Gasteiger partial charge in [-0.1, -0.05) is 6.92 Å². The molecule has 1 saturated heterocycles. The molecule has 2 amide bonds. The standard InChI is InChI=1S/C13H21N5O3/c1-4-13(11(19)20)6-5-7-18(13)12(21)17(3)8-10-14-9(2)15-16-10/h4-8H2,1-3H3,(H,19,20)(H,14,15,16). The molecule has 8 nitrogen and oxygen atoms in total. The van der Waals surface area contributed by atoms with Crippen LogP contribution in [0.25, 0.3) is 0 Å². The summed E-state index contributed by atoms with van der Waals surface area (Å²) in [4.78, 5) is 31.3. The van der Waals surface area contributed by atoms with Gasteiger partial charge in [-0.05, 0) is 26.2 Å². The molecule has 0 saturated carbocycles. The smallest absolute Gasteiger partial charge is 0.329 e. The van der Waals surface area contributed by atoms with Crippen molar-refractivity contribution in [3.63, 3.8) is 0 Å².